The average Bonchev–Trinajstić information content (AvgIpc) is 3.33. The highest BCUT2D eigenvalue weighted by molar-refractivity contribution is 7.16. The number of phenols is 2. The van der Waals surface area contributed by atoms with Crippen molar-refractivity contribution in [2.75, 3.05) is 39.3 Å². The van der Waals surface area contributed by atoms with Crippen LogP contribution in [0.4, 0.5) is 0 Å². The lowest BCUT2D eigenvalue weighted by Crippen LogP contribution is -2.52. The van der Waals surface area contributed by atoms with Crippen molar-refractivity contribution < 1.29 is 15.0 Å². The summed E-state index contributed by atoms with van der Waals surface area (Å²) in [6, 6.07) is 11.0. The molecule has 4 aliphatic carbocycles. The van der Waals surface area contributed by atoms with Gasteiger partial charge in [-0.25, -0.2) is 0 Å². The van der Waals surface area contributed by atoms with Crippen molar-refractivity contribution in [3.63, 3.8) is 0 Å². The number of phenolic OH excluding ortho intramolecular Hbond substituents is 2. The molecule has 3 aromatic rings. The minimum atomic E-state index is -0.287. The summed E-state index contributed by atoms with van der Waals surface area (Å²) < 4.78 is 0.851. The Kier molecular flexibility index (Phi) is 8.61. The van der Waals surface area contributed by atoms with Gasteiger partial charge in [-0.3, -0.25) is 9.59 Å². The molecule has 0 aliphatic heterocycles. The molecule has 2 aromatic carbocycles. The fourth-order valence-electron chi connectivity index (χ4n) is 8.66. The number of carbonyl (C=O) groups is 1. The molecule has 1 aromatic heterocycles. The molecule has 5 N–H and O–H groups in total. The zero-order valence-electron chi connectivity index (χ0n) is 24.4. The van der Waals surface area contributed by atoms with Crippen molar-refractivity contribution in [1.82, 2.24) is 14.8 Å². The zero-order chi connectivity index (χ0) is 29.3. The summed E-state index contributed by atoms with van der Waals surface area (Å²) in [5, 5.41) is 20.2. The number of nitrogens with two attached hydrogens (primary N) is 1. The molecule has 0 radical (unpaired) electrons. The Morgan fingerprint density at radius 1 is 0.929 bits per heavy atom. The van der Waals surface area contributed by atoms with Gasteiger partial charge in [0.1, 0.15) is 17.0 Å². The van der Waals surface area contributed by atoms with Gasteiger partial charge in [0, 0.05) is 45.7 Å². The Hall–Kier alpha value is -2.88. The minimum absolute atomic E-state index is 0.120. The number of amides is 1. The van der Waals surface area contributed by atoms with Gasteiger partial charge >= 0.3 is 4.87 Å². The molecule has 0 atom stereocenters. The van der Waals surface area contributed by atoms with Crippen LogP contribution < -0.4 is 10.6 Å². The van der Waals surface area contributed by atoms with Gasteiger partial charge < -0.3 is 30.7 Å². The lowest BCUT2D eigenvalue weighted by atomic mass is 9.49. The summed E-state index contributed by atoms with van der Waals surface area (Å²) in [6.07, 6.45) is 10.2. The number of hydrogen-bond donors (Lipinski definition) is 4. The number of rotatable bonds is 14. The molecule has 8 nitrogen and oxygen atoms in total. The third kappa shape index (κ3) is 6.84. The molecule has 4 saturated carbocycles. The van der Waals surface area contributed by atoms with Crippen LogP contribution in [0.15, 0.2) is 41.2 Å². The van der Waals surface area contributed by atoms with Gasteiger partial charge in [0.15, 0.2) is 0 Å². The summed E-state index contributed by atoms with van der Waals surface area (Å²) in [5.74, 6) is 2.77. The predicted molar refractivity (Wildman–Crippen MR) is 167 cm³/mol. The summed E-state index contributed by atoms with van der Waals surface area (Å²) in [6.45, 7) is 5.11. The Labute approximate surface area is 251 Å². The number of aromatic nitrogens is 1. The fraction of sp³-hybridized carbons (Fsp3) is 0.576. The van der Waals surface area contributed by atoms with E-state index in [9.17, 15) is 19.8 Å². The number of aromatic amines is 1. The van der Waals surface area contributed by atoms with Crippen LogP contribution in [0.25, 0.3) is 10.2 Å². The van der Waals surface area contributed by atoms with Crippen LogP contribution in [0.2, 0.25) is 0 Å². The summed E-state index contributed by atoms with van der Waals surface area (Å²) >= 11 is 1.17. The third-order valence-corrected chi connectivity index (χ3v) is 11.1. The van der Waals surface area contributed by atoms with E-state index in [1.807, 2.05) is 18.2 Å². The van der Waals surface area contributed by atoms with Crippen LogP contribution in [0.5, 0.6) is 11.5 Å². The molecule has 7 rings (SSSR count). The van der Waals surface area contributed by atoms with Crippen molar-refractivity contribution in [1.29, 1.82) is 0 Å². The van der Waals surface area contributed by atoms with E-state index in [0.717, 1.165) is 79.1 Å². The number of nitrogens with zero attached hydrogens (tertiary/aromatic N) is 2. The Morgan fingerprint density at radius 2 is 1.62 bits per heavy atom. The van der Waals surface area contributed by atoms with E-state index in [-0.39, 0.29) is 22.3 Å². The van der Waals surface area contributed by atoms with Crippen molar-refractivity contribution >= 4 is 27.5 Å². The van der Waals surface area contributed by atoms with Crippen LogP contribution in [0.3, 0.4) is 0 Å². The molecule has 0 unspecified atom stereocenters. The SMILES string of the molecule is NC(=O)CCN(CCc1cccc(O)c1)CCN(CCc1ccc(O)c2[nH]c(=O)sc12)CC12CC3CC(CC(C3)C1)C2. The molecule has 4 fully saturated rings. The number of aromatic hydroxyl groups is 2. The molecule has 4 aliphatic rings. The monoisotopic (exact) mass is 592 g/mol. The van der Waals surface area contributed by atoms with Gasteiger partial charge in [-0.1, -0.05) is 29.5 Å². The van der Waals surface area contributed by atoms with Crippen LogP contribution >= 0.6 is 11.3 Å². The van der Waals surface area contributed by atoms with Crippen LogP contribution in [-0.2, 0) is 17.6 Å². The maximum atomic E-state index is 12.1. The van der Waals surface area contributed by atoms with Gasteiger partial charge in [0.25, 0.3) is 0 Å². The Balaban J connectivity index is 1.17. The first-order valence-electron chi connectivity index (χ1n) is 15.6. The van der Waals surface area contributed by atoms with Gasteiger partial charge in [0.2, 0.25) is 5.91 Å². The van der Waals surface area contributed by atoms with Crippen molar-refractivity contribution in [3.05, 3.63) is 57.2 Å². The second kappa shape index (κ2) is 12.4. The molecule has 4 bridgehead atoms. The molecule has 0 saturated heterocycles. The Morgan fingerprint density at radius 3 is 2.31 bits per heavy atom. The molecular formula is C33H44N4O4S. The van der Waals surface area contributed by atoms with Gasteiger partial charge in [-0.15, -0.1) is 0 Å². The number of H-pyrrole nitrogens is 1. The van der Waals surface area contributed by atoms with Gasteiger partial charge in [-0.05, 0) is 104 Å². The highest BCUT2D eigenvalue weighted by atomic mass is 32.1. The van der Waals surface area contributed by atoms with Crippen LogP contribution in [0, 0.1) is 23.2 Å². The quantitative estimate of drug-likeness (QED) is 0.219. The van der Waals surface area contributed by atoms with E-state index in [4.69, 9.17) is 5.73 Å². The summed E-state index contributed by atoms with van der Waals surface area (Å²) in [4.78, 5) is 31.4. The third-order valence-electron chi connectivity index (χ3n) is 10.1. The maximum Gasteiger partial charge on any atom is 0.305 e. The number of hydrogen-bond acceptors (Lipinski definition) is 7. The second-order valence-corrected chi connectivity index (χ2v) is 14.4. The molecule has 42 heavy (non-hydrogen) atoms. The van der Waals surface area contributed by atoms with E-state index in [0.29, 0.717) is 23.9 Å². The Bertz CT molecular complexity index is 1430. The topological polar surface area (TPSA) is 123 Å². The second-order valence-electron chi connectivity index (χ2n) is 13.4. The normalized spacial score (nSPS) is 24.8. The van der Waals surface area contributed by atoms with Crippen molar-refractivity contribution in [2.45, 2.75) is 57.8 Å². The van der Waals surface area contributed by atoms with E-state index in [1.54, 1.807) is 18.2 Å². The fourth-order valence-corrected chi connectivity index (χ4v) is 9.56. The number of nitrogens with one attached hydrogen (secondary N) is 1. The van der Waals surface area contributed by atoms with E-state index in [1.165, 1.54) is 49.9 Å². The highest BCUT2D eigenvalue weighted by Gasteiger charge is 2.51. The number of benzene rings is 2. The first-order chi connectivity index (χ1) is 20.2. The lowest BCUT2D eigenvalue weighted by Gasteiger charge is -2.58. The largest absolute Gasteiger partial charge is 0.508 e. The minimum Gasteiger partial charge on any atom is -0.508 e. The maximum absolute atomic E-state index is 12.1. The predicted octanol–water partition coefficient (Wildman–Crippen LogP) is 4.48. The van der Waals surface area contributed by atoms with E-state index < -0.39 is 0 Å². The molecule has 1 amide bonds. The van der Waals surface area contributed by atoms with Crippen LogP contribution in [-0.4, -0.2) is 70.2 Å². The molecular weight excluding hydrogens is 548 g/mol. The number of primary amides is 1. The highest BCUT2D eigenvalue weighted by Crippen LogP contribution is 2.60. The number of thiazole rings is 1. The molecule has 1 heterocycles. The lowest BCUT2D eigenvalue weighted by molar-refractivity contribution is -0.118. The van der Waals surface area contributed by atoms with Crippen molar-refractivity contribution in [3.8, 4) is 11.5 Å². The number of carbonyl (C=O) groups excluding carboxylic acids is 1. The van der Waals surface area contributed by atoms with Crippen LogP contribution in [0.1, 0.15) is 56.1 Å². The van der Waals surface area contributed by atoms with Crippen molar-refractivity contribution in [2.24, 2.45) is 28.9 Å². The molecule has 9 heteroatoms. The molecule has 0 spiro atoms. The van der Waals surface area contributed by atoms with Gasteiger partial charge in [0.05, 0.1) is 4.70 Å². The molecule has 226 valence electrons. The van der Waals surface area contributed by atoms with Gasteiger partial charge in [-0.2, -0.15) is 0 Å². The summed E-state index contributed by atoms with van der Waals surface area (Å²) in [7, 11) is 0. The standard InChI is InChI=1S/C33H44N4O4S/c34-29(40)8-11-36(9-6-22-2-1-3-27(38)17-22)12-13-37(21-33-18-23-14-24(19-33)16-25(15-23)20-33)10-7-26-4-5-28(39)30-31(26)42-32(41)35-30/h1-5,17,23-25,38-39H,6-16,18-21H2,(H2,34,40)(H,35,41). The number of fused-ring (bicyclic) bond motifs is 1. The first-order valence-corrected chi connectivity index (χ1v) is 16.4. The zero-order valence-corrected chi connectivity index (χ0v) is 25.2. The average molecular weight is 593 g/mol. The van der Waals surface area contributed by atoms with E-state index >= 15 is 0 Å². The first kappa shape index (κ1) is 29.2. The summed E-state index contributed by atoms with van der Waals surface area (Å²) in [5.41, 5.74) is 8.65. The smallest absolute Gasteiger partial charge is 0.305 e. The van der Waals surface area contributed by atoms with E-state index in [2.05, 4.69) is 14.8 Å².